The van der Waals surface area contributed by atoms with Crippen LogP contribution in [0.1, 0.15) is 13.8 Å². The van der Waals surface area contributed by atoms with Gasteiger partial charge in [-0.1, -0.05) is 11.6 Å². The first-order chi connectivity index (χ1) is 6.39. The third-order valence-corrected chi connectivity index (χ3v) is 2.26. The van der Waals surface area contributed by atoms with Gasteiger partial charge in [-0.05, 0) is 13.8 Å². The van der Waals surface area contributed by atoms with Crippen LogP contribution in [-0.2, 0) is 5.79 Å². The van der Waals surface area contributed by atoms with Gasteiger partial charge < -0.3 is 5.32 Å². The van der Waals surface area contributed by atoms with E-state index in [4.69, 9.17) is 11.6 Å². The molecule has 0 spiro atoms. The van der Waals surface area contributed by atoms with Gasteiger partial charge in [0.1, 0.15) is 5.82 Å². The molecule has 6 heteroatoms. The first-order valence-corrected chi connectivity index (χ1v) is 4.54. The van der Waals surface area contributed by atoms with Gasteiger partial charge in [0, 0.05) is 13.1 Å². The number of aromatic nitrogens is 2. The average Bonchev–Trinajstić information content (AvgIpc) is 2.46. The zero-order valence-corrected chi connectivity index (χ0v) is 8.94. The highest BCUT2D eigenvalue weighted by Crippen LogP contribution is 2.29. The minimum Gasteiger partial charge on any atom is -0.373 e. The van der Waals surface area contributed by atoms with Crippen molar-refractivity contribution in [1.82, 2.24) is 9.78 Å². The molecule has 0 saturated heterocycles. The van der Waals surface area contributed by atoms with Crippen LogP contribution in [0.25, 0.3) is 0 Å². The van der Waals surface area contributed by atoms with E-state index in [1.54, 1.807) is 7.05 Å². The van der Waals surface area contributed by atoms with Crippen LogP contribution < -0.4 is 5.32 Å². The topological polar surface area (TPSA) is 29.9 Å². The number of hydrogen-bond donors (Lipinski definition) is 1. The smallest absolute Gasteiger partial charge is 0.231 e. The molecule has 1 rings (SSSR count). The zero-order chi connectivity index (χ0) is 10.9. The van der Waals surface area contributed by atoms with Gasteiger partial charge in [0.15, 0.2) is 11.3 Å². The Morgan fingerprint density at radius 2 is 2.29 bits per heavy atom. The third-order valence-electron chi connectivity index (χ3n) is 2.08. The van der Waals surface area contributed by atoms with Gasteiger partial charge in [-0.3, -0.25) is 0 Å². The van der Waals surface area contributed by atoms with Crippen molar-refractivity contribution in [1.29, 1.82) is 0 Å². The van der Waals surface area contributed by atoms with Crippen LogP contribution in [0.4, 0.5) is 14.6 Å². The van der Waals surface area contributed by atoms with E-state index in [-0.39, 0.29) is 5.15 Å². The van der Waals surface area contributed by atoms with Gasteiger partial charge in [0.05, 0.1) is 0 Å². The fourth-order valence-corrected chi connectivity index (χ4v) is 1.21. The Hall–Kier alpha value is -0.840. The van der Waals surface area contributed by atoms with Gasteiger partial charge in [-0.2, -0.15) is 5.10 Å². The quantitative estimate of drug-likeness (QED) is 0.854. The molecule has 0 aliphatic carbocycles. The molecule has 0 fully saturated rings. The van der Waals surface area contributed by atoms with Gasteiger partial charge in [0.25, 0.3) is 0 Å². The largest absolute Gasteiger partial charge is 0.373 e. The van der Waals surface area contributed by atoms with Crippen LogP contribution in [0, 0.1) is 0 Å². The molecule has 0 saturated carbocycles. The van der Waals surface area contributed by atoms with Crippen molar-refractivity contribution < 1.29 is 8.78 Å². The third kappa shape index (κ3) is 1.82. The summed E-state index contributed by atoms with van der Waals surface area (Å²) in [5.74, 6) is -1.87. The summed E-state index contributed by atoms with van der Waals surface area (Å²) in [5.41, 5.74) is 0. The van der Waals surface area contributed by atoms with Gasteiger partial charge >= 0.3 is 0 Å². The maximum Gasteiger partial charge on any atom is 0.231 e. The number of hydrogen-bond acceptors (Lipinski definition) is 2. The molecule has 1 aromatic rings. The predicted molar refractivity (Wildman–Crippen MR) is 52.1 cm³/mol. The van der Waals surface area contributed by atoms with Crippen molar-refractivity contribution in [2.75, 3.05) is 12.4 Å². The van der Waals surface area contributed by atoms with Gasteiger partial charge in [-0.25, -0.2) is 13.5 Å². The minimum atomic E-state index is -2.20. The molecule has 2 atom stereocenters. The molecule has 3 nitrogen and oxygen atoms in total. The minimum absolute atomic E-state index is 0.124. The van der Waals surface area contributed by atoms with Crippen LogP contribution in [0.5, 0.6) is 0 Å². The van der Waals surface area contributed by atoms with Crippen LogP contribution >= 0.6 is 11.6 Å². The standard InChI is InChI=1S/C8H12ClF2N3/c1-5(10)8(2,11)14-7(12-3)4-6(9)13-14/h4-5,12H,1-3H3. The molecule has 2 unspecified atom stereocenters. The summed E-state index contributed by atoms with van der Waals surface area (Å²) in [6.45, 7) is 2.25. The van der Waals surface area contributed by atoms with E-state index in [1.807, 2.05) is 0 Å². The lowest BCUT2D eigenvalue weighted by atomic mass is 10.2. The van der Waals surface area contributed by atoms with Crippen LogP contribution in [0.15, 0.2) is 6.07 Å². The van der Waals surface area contributed by atoms with Gasteiger partial charge in [-0.15, -0.1) is 0 Å². The van der Waals surface area contributed by atoms with Crippen molar-refractivity contribution in [3.05, 3.63) is 11.2 Å². The van der Waals surface area contributed by atoms with Crippen LogP contribution in [-0.4, -0.2) is 23.0 Å². The zero-order valence-electron chi connectivity index (χ0n) is 8.18. The molecule has 0 amide bonds. The Morgan fingerprint density at radius 3 is 2.71 bits per heavy atom. The molecular formula is C8H12ClF2N3. The summed E-state index contributed by atoms with van der Waals surface area (Å²) in [6, 6.07) is 1.43. The van der Waals surface area contributed by atoms with Gasteiger partial charge in [0.2, 0.25) is 5.79 Å². The summed E-state index contributed by atoms with van der Waals surface area (Å²) < 4.78 is 27.7. The summed E-state index contributed by atoms with van der Waals surface area (Å²) in [4.78, 5) is 0. The highest BCUT2D eigenvalue weighted by molar-refractivity contribution is 6.29. The second-order valence-corrected chi connectivity index (χ2v) is 3.54. The van der Waals surface area contributed by atoms with E-state index in [1.165, 1.54) is 6.07 Å². The lowest BCUT2D eigenvalue weighted by Gasteiger charge is -2.24. The first kappa shape index (κ1) is 11.2. The number of halogens is 3. The predicted octanol–water partition coefficient (Wildman–Crippen LogP) is 2.58. The normalized spacial score (nSPS) is 17.6. The maximum atomic E-state index is 13.8. The first-order valence-electron chi connectivity index (χ1n) is 4.16. The van der Waals surface area contributed by atoms with E-state index in [2.05, 4.69) is 10.4 Å². The van der Waals surface area contributed by atoms with E-state index in [9.17, 15) is 8.78 Å². The summed E-state index contributed by atoms with van der Waals surface area (Å²) in [7, 11) is 1.59. The molecule has 0 aliphatic rings. The second kappa shape index (κ2) is 3.73. The van der Waals surface area contributed by atoms with E-state index >= 15 is 0 Å². The molecule has 0 bridgehead atoms. The lowest BCUT2D eigenvalue weighted by molar-refractivity contribution is -0.00460. The second-order valence-electron chi connectivity index (χ2n) is 3.15. The maximum absolute atomic E-state index is 13.8. The average molecular weight is 224 g/mol. The van der Waals surface area contributed by atoms with E-state index in [0.29, 0.717) is 5.82 Å². The Balaban J connectivity index is 3.16. The van der Waals surface area contributed by atoms with Crippen molar-refractivity contribution in [3.8, 4) is 0 Å². The molecule has 14 heavy (non-hydrogen) atoms. The summed E-state index contributed by atoms with van der Waals surface area (Å²) in [6.07, 6.45) is -1.68. The Labute approximate surface area is 86.0 Å². The molecule has 1 aromatic heterocycles. The Bertz CT molecular complexity index is 322. The number of rotatable bonds is 3. The fraction of sp³-hybridized carbons (Fsp3) is 0.625. The van der Waals surface area contributed by atoms with E-state index in [0.717, 1.165) is 18.5 Å². The Kier molecular flexibility index (Phi) is 2.99. The van der Waals surface area contributed by atoms with Crippen LogP contribution in [0.2, 0.25) is 5.15 Å². The number of anilines is 1. The molecule has 0 aliphatic heterocycles. The monoisotopic (exact) mass is 223 g/mol. The van der Waals surface area contributed by atoms with Crippen LogP contribution in [0.3, 0.4) is 0 Å². The van der Waals surface area contributed by atoms with E-state index < -0.39 is 12.0 Å². The van der Waals surface area contributed by atoms with Crippen molar-refractivity contribution >= 4 is 17.4 Å². The SMILES string of the molecule is CNc1cc(Cl)nn1C(C)(F)C(C)F. The molecule has 80 valence electrons. The molecule has 0 radical (unpaired) electrons. The highest BCUT2D eigenvalue weighted by atomic mass is 35.5. The summed E-state index contributed by atoms with van der Waals surface area (Å²) in [5, 5.41) is 6.49. The molecular weight excluding hydrogens is 212 g/mol. The summed E-state index contributed by atoms with van der Waals surface area (Å²) >= 11 is 5.59. The van der Waals surface area contributed by atoms with Crippen molar-refractivity contribution in [2.45, 2.75) is 25.8 Å². The number of nitrogens with zero attached hydrogens (tertiary/aromatic N) is 2. The highest BCUT2D eigenvalue weighted by Gasteiger charge is 2.36. The molecule has 1 heterocycles. The van der Waals surface area contributed by atoms with Crippen molar-refractivity contribution in [2.24, 2.45) is 0 Å². The number of nitrogens with one attached hydrogen (secondary N) is 1. The molecule has 0 aromatic carbocycles. The fourth-order valence-electron chi connectivity index (χ4n) is 1.03. The number of alkyl halides is 2. The Morgan fingerprint density at radius 1 is 1.71 bits per heavy atom. The molecule has 1 N–H and O–H groups in total. The van der Waals surface area contributed by atoms with Crippen molar-refractivity contribution in [3.63, 3.8) is 0 Å². The lowest BCUT2D eigenvalue weighted by Crippen LogP contribution is -2.35.